The van der Waals surface area contributed by atoms with Gasteiger partial charge in [-0.25, -0.2) is 0 Å². The Bertz CT molecular complexity index is 726. The van der Waals surface area contributed by atoms with E-state index < -0.39 is 0 Å². The van der Waals surface area contributed by atoms with Crippen LogP contribution in [0.2, 0.25) is 0 Å². The lowest BCUT2D eigenvalue weighted by Crippen LogP contribution is -2.40. The number of nitrogens with zero attached hydrogens (tertiary/aromatic N) is 2. The Morgan fingerprint density at radius 1 is 1.00 bits per heavy atom. The lowest BCUT2D eigenvalue weighted by atomic mass is 10.0. The van der Waals surface area contributed by atoms with Gasteiger partial charge in [0.15, 0.2) is 0 Å². The summed E-state index contributed by atoms with van der Waals surface area (Å²) >= 11 is 3.80. The summed E-state index contributed by atoms with van der Waals surface area (Å²) in [6.07, 6.45) is 2.23. The van der Waals surface area contributed by atoms with Crippen LogP contribution in [-0.4, -0.2) is 27.5 Å². The highest BCUT2D eigenvalue weighted by molar-refractivity contribution is 9.09. The van der Waals surface area contributed by atoms with Crippen LogP contribution in [0.15, 0.2) is 73.3 Å². The van der Waals surface area contributed by atoms with Crippen LogP contribution in [0.1, 0.15) is 25.0 Å². The number of hydrogen-bond acceptors (Lipinski definition) is 2. The average molecular weight is 464 g/mol. The summed E-state index contributed by atoms with van der Waals surface area (Å²) in [5.41, 5.74) is 5.00. The number of hydrogen-bond donors (Lipinski definition) is 0. The normalized spacial score (nSPS) is 18.1. The van der Waals surface area contributed by atoms with E-state index in [0.29, 0.717) is 0 Å². The smallest absolute Gasteiger partial charge is 0.100 e. The quantitative estimate of drug-likeness (QED) is 0.305. The monoisotopic (exact) mass is 462 g/mol. The van der Waals surface area contributed by atoms with E-state index in [1.807, 2.05) is 6.08 Å². The summed E-state index contributed by atoms with van der Waals surface area (Å²) < 4.78 is 0. The molecule has 2 nitrogen and oxygen atoms in total. The SMILES string of the molecule is Br.C=CCN1C(c2ccccc2)=C(c2ccccc2)N(C(C)Br)C1C. The van der Waals surface area contributed by atoms with Crippen molar-refractivity contribution in [3.63, 3.8) is 0 Å². The second kappa shape index (κ2) is 8.72. The third-order valence-electron chi connectivity index (χ3n) is 4.43. The Kier molecular flexibility index (Phi) is 6.91. The van der Waals surface area contributed by atoms with Crippen LogP contribution in [0.5, 0.6) is 0 Å². The summed E-state index contributed by atoms with van der Waals surface area (Å²) in [5.74, 6) is 0. The van der Waals surface area contributed by atoms with Crippen molar-refractivity contribution in [3.05, 3.63) is 84.4 Å². The van der Waals surface area contributed by atoms with E-state index in [1.54, 1.807) is 0 Å². The second-order valence-electron chi connectivity index (χ2n) is 5.98. The maximum Gasteiger partial charge on any atom is 0.100 e. The Labute approximate surface area is 169 Å². The molecule has 1 aliphatic rings. The van der Waals surface area contributed by atoms with E-state index in [1.165, 1.54) is 22.5 Å². The van der Waals surface area contributed by atoms with Crippen molar-refractivity contribution in [2.45, 2.75) is 25.0 Å². The minimum atomic E-state index is 0. The van der Waals surface area contributed by atoms with Crippen molar-refractivity contribution < 1.29 is 0 Å². The minimum Gasteiger partial charge on any atom is -0.345 e. The lowest BCUT2D eigenvalue weighted by molar-refractivity contribution is 0.193. The molecule has 1 heterocycles. The van der Waals surface area contributed by atoms with Gasteiger partial charge in [-0.15, -0.1) is 23.6 Å². The van der Waals surface area contributed by atoms with Gasteiger partial charge in [0.1, 0.15) is 6.17 Å². The molecule has 0 N–H and O–H groups in total. The molecule has 4 heteroatoms. The zero-order valence-electron chi connectivity index (χ0n) is 14.6. The van der Waals surface area contributed by atoms with Gasteiger partial charge in [-0.05, 0) is 13.8 Å². The molecule has 0 saturated carbocycles. The summed E-state index contributed by atoms with van der Waals surface area (Å²) in [7, 11) is 0. The summed E-state index contributed by atoms with van der Waals surface area (Å²) in [5, 5.41) is 0. The molecule has 0 aliphatic carbocycles. The first-order chi connectivity index (χ1) is 11.6. The number of alkyl halides is 1. The van der Waals surface area contributed by atoms with Crippen LogP contribution >= 0.6 is 32.9 Å². The minimum absolute atomic E-state index is 0. The molecule has 1 aliphatic heterocycles. The maximum absolute atomic E-state index is 3.96. The first kappa shape index (κ1) is 19.8. The second-order valence-corrected chi connectivity index (χ2v) is 7.31. The molecule has 0 saturated heterocycles. The van der Waals surface area contributed by atoms with Crippen molar-refractivity contribution in [3.8, 4) is 0 Å². The molecule has 0 fully saturated rings. The van der Waals surface area contributed by atoms with Gasteiger partial charge >= 0.3 is 0 Å². The van der Waals surface area contributed by atoms with Gasteiger partial charge in [-0.3, -0.25) is 0 Å². The summed E-state index contributed by atoms with van der Waals surface area (Å²) in [6, 6.07) is 21.3. The van der Waals surface area contributed by atoms with E-state index in [2.05, 4.69) is 107 Å². The molecule has 3 rings (SSSR count). The van der Waals surface area contributed by atoms with E-state index >= 15 is 0 Å². The summed E-state index contributed by atoms with van der Waals surface area (Å²) in [4.78, 5) is 5.08. The molecule has 2 atom stereocenters. The highest BCUT2D eigenvalue weighted by Gasteiger charge is 2.37. The Morgan fingerprint density at radius 2 is 1.48 bits per heavy atom. The fourth-order valence-corrected chi connectivity index (χ4v) is 3.97. The predicted molar refractivity (Wildman–Crippen MR) is 117 cm³/mol. The third kappa shape index (κ3) is 3.85. The first-order valence-electron chi connectivity index (χ1n) is 8.30. The molecule has 25 heavy (non-hydrogen) atoms. The highest BCUT2D eigenvalue weighted by atomic mass is 79.9. The average Bonchev–Trinajstić information content (AvgIpc) is 2.90. The van der Waals surface area contributed by atoms with Gasteiger partial charge in [-0.2, -0.15) is 0 Å². The fraction of sp³-hybridized carbons (Fsp3) is 0.238. The molecule has 2 aromatic carbocycles. The lowest BCUT2D eigenvalue weighted by Gasteiger charge is -2.33. The van der Waals surface area contributed by atoms with Crippen LogP contribution < -0.4 is 0 Å². The van der Waals surface area contributed by atoms with E-state index in [-0.39, 0.29) is 28.1 Å². The van der Waals surface area contributed by atoms with Gasteiger partial charge in [-0.1, -0.05) is 82.7 Å². The van der Waals surface area contributed by atoms with Crippen molar-refractivity contribution in [1.82, 2.24) is 9.80 Å². The van der Waals surface area contributed by atoms with E-state index in [9.17, 15) is 0 Å². The van der Waals surface area contributed by atoms with Crippen LogP contribution in [0, 0.1) is 0 Å². The Hall–Kier alpha value is -1.52. The zero-order chi connectivity index (χ0) is 17.1. The van der Waals surface area contributed by atoms with Gasteiger partial charge in [0.05, 0.1) is 16.3 Å². The molecule has 0 amide bonds. The molecule has 2 aromatic rings. The third-order valence-corrected chi connectivity index (χ3v) is 4.87. The van der Waals surface area contributed by atoms with Crippen molar-refractivity contribution in [2.24, 2.45) is 0 Å². The molecule has 0 radical (unpaired) electrons. The molecular formula is C21H24Br2N2. The predicted octanol–water partition coefficient (Wildman–Crippen LogP) is 5.98. The van der Waals surface area contributed by atoms with Gasteiger partial charge < -0.3 is 9.80 Å². The number of benzene rings is 2. The molecular weight excluding hydrogens is 440 g/mol. The largest absolute Gasteiger partial charge is 0.345 e. The highest BCUT2D eigenvalue weighted by Crippen LogP contribution is 2.43. The molecule has 0 bridgehead atoms. The van der Waals surface area contributed by atoms with Gasteiger partial charge in [0.25, 0.3) is 0 Å². The van der Waals surface area contributed by atoms with Crippen LogP contribution in [-0.2, 0) is 0 Å². The zero-order valence-corrected chi connectivity index (χ0v) is 17.9. The van der Waals surface area contributed by atoms with Crippen LogP contribution in [0.3, 0.4) is 0 Å². The van der Waals surface area contributed by atoms with E-state index in [4.69, 9.17) is 0 Å². The standard InChI is InChI=1S/C21H23BrN2.BrH/c1-4-15-23-17(3)24(16(2)22)21(19-13-9-6-10-14-19)20(23)18-11-7-5-8-12-18;/h4-14,16-17H,1,15H2,2-3H3;1H. The van der Waals surface area contributed by atoms with Crippen LogP contribution in [0.4, 0.5) is 0 Å². The Balaban J connectivity index is 0.00000225. The molecule has 132 valence electrons. The molecule has 0 spiro atoms. The fourth-order valence-electron chi connectivity index (χ4n) is 3.42. The molecule has 0 aromatic heterocycles. The maximum atomic E-state index is 3.96. The van der Waals surface area contributed by atoms with Gasteiger partial charge in [0.2, 0.25) is 0 Å². The van der Waals surface area contributed by atoms with Crippen LogP contribution in [0.25, 0.3) is 11.4 Å². The van der Waals surface area contributed by atoms with Crippen molar-refractivity contribution in [2.75, 3.05) is 6.54 Å². The topological polar surface area (TPSA) is 6.48 Å². The molecule has 2 unspecified atom stereocenters. The number of halogens is 2. The van der Waals surface area contributed by atoms with Crippen molar-refractivity contribution in [1.29, 1.82) is 0 Å². The Morgan fingerprint density at radius 3 is 1.92 bits per heavy atom. The number of rotatable bonds is 5. The van der Waals surface area contributed by atoms with Crippen molar-refractivity contribution >= 4 is 44.3 Å². The summed E-state index contributed by atoms with van der Waals surface area (Å²) in [6.45, 7) is 9.21. The van der Waals surface area contributed by atoms with Gasteiger partial charge in [0, 0.05) is 17.7 Å². The first-order valence-corrected chi connectivity index (χ1v) is 9.21. The van der Waals surface area contributed by atoms with E-state index in [0.717, 1.165) is 6.54 Å².